The van der Waals surface area contributed by atoms with Crippen molar-refractivity contribution in [2.45, 2.75) is 19.9 Å². The average Bonchev–Trinajstić information content (AvgIpc) is 2.98. The number of benzene rings is 2. The molecule has 0 unspecified atom stereocenters. The summed E-state index contributed by atoms with van der Waals surface area (Å²) in [6.07, 6.45) is 0.481. The van der Waals surface area contributed by atoms with Crippen molar-refractivity contribution >= 4 is 16.8 Å². The average molecular weight is 308 g/mol. The largest absolute Gasteiger partial charge is 0.496 e. The third kappa shape index (κ3) is 2.93. The van der Waals surface area contributed by atoms with Gasteiger partial charge in [0.2, 0.25) is 5.91 Å². The van der Waals surface area contributed by atoms with E-state index in [0.717, 1.165) is 28.0 Å². The summed E-state index contributed by atoms with van der Waals surface area (Å²) in [5.74, 6) is 0.877. The van der Waals surface area contributed by atoms with Crippen LogP contribution in [0.2, 0.25) is 0 Å². The number of hydrogen-bond acceptors (Lipinski definition) is 2. The Labute approximate surface area is 135 Å². The molecule has 0 atom stereocenters. The second kappa shape index (κ2) is 6.57. The van der Waals surface area contributed by atoms with E-state index in [9.17, 15) is 4.79 Å². The van der Waals surface area contributed by atoms with E-state index in [2.05, 4.69) is 34.1 Å². The summed E-state index contributed by atoms with van der Waals surface area (Å²) in [6.45, 7) is 2.34. The van der Waals surface area contributed by atoms with Crippen LogP contribution in [0.1, 0.15) is 19.0 Å². The quantitative estimate of drug-likeness (QED) is 0.781. The van der Waals surface area contributed by atoms with Gasteiger partial charge in [-0.05, 0) is 30.3 Å². The number of hydrogen-bond donors (Lipinski definition) is 1. The molecule has 23 heavy (non-hydrogen) atoms. The third-order valence-corrected chi connectivity index (χ3v) is 3.90. The van der Waals surface area contributed by atoms with Crippen molar-refractivity contribution in [1.29, 1.82) is 0 Å². The van der Waals surface area contributed by atoms with Crippen LogP contribution in [0.5, 0.6) is 5.75 Å². The number of nitrogens with zero attached hydrogens (tertiary/aromatic N) is 1. The monoisotopic (exact) mass is 308 g/mol. The van der Waals surface area contributed by atoms with Gasteiger partial charge in [0.05, 0.1) is 19.2 Å². The number of amides is 1. The summed E-state index contributed by atoms with van der Waals surface area (Å²) >= 11 is 0. The van der Waals surface area contributed by atoms with Crippen LogP contribution in [0.25, 0.3) is 16.6 Å². The Hall–Kier alpha value is -2.75. The van der Waals surface area contributed by atoms with E-state index >= 15 is 0 Å². The van der Waals surface area contributed by atoms with Gasteiger partial charge in [-0.3, -0.25) is 4.79 Å². The molecule has 0 bridgehead atoms. The zero-order valence-corrected chi connectivity index (χ0v) is 13.4. The lowest BCUT2D eigenvalue weighted by Gasteiger charge is -2.11. The second-order valence-corrected chi connectivity index (χ2v) is 5.33. The molecule has 1 N–H and O–H groups in total. The molecule has 0 radical (unpaired) electrons. The predicted molar refractivity (Wildman–Crippen MR) is 92.0 cm³/mol. The summed E-state index contributed by atoms with van der Waals surface area (Å²) in [5.41, 5.74) is 3.16. The van der Waals surface area contributed by atoms with Crippen molar-refractivity contribution in [2.24, 2.45) is 0 Å². The highest BCUT2D eigenvalue weighted by molar-refractivity contribution is 5.89. The van der Waals surface area contributed by atoms with E-state index in [0.29, 0.717) is 13.0 Å². The first kappa shape index (κ1) is 15.2. The number of para-hydroxylation sites is 1. The Morgan fingerprint density at radius 3 is 2.61 bits per heavy atom. The number of methoxy groups -OCH3 is 1. The number of carbonyl (C=O) groups excluding carboxylic acids is 1. The molecule has 2 aromatic carbocycles. The molecule has 4 nitrogen and oxygen atoms in total. The summed E-state index contributed by atoms with van der Waals surface area (Å²) in [5, 5.41) is 4.00. The van der Waals surface area contributed by atoms with Gasteiger partial charge in [0.15, 0.2) is 0 Å². The van der Waals surface area contributed by atoms with Gasteiger partial charge >= 0.3 is 0 Å². The zero-order chi connectivity index (χ0) is 16.2. The van der Waals surface area contributed by atoms with Gasteiger partial charge in [-0.2, -0.15) is 0 Å². The van der Waals surface area contributed by atoms with Crippen molar-refractivity contribution in [3.63, 3.8) is 0 Å². The van der Waals surface area contributed by atoms with Gasteiger partial charge < -0.3 is 14.6 Å². The first-order valence-corrected chi connectivity index (χ1v) is 7.74. The Morgan fingerprint density at radius 2 is 1.91 bits per heavy atom. The molecule has 0 spiro atoms. The van der Waals surface area contributed by atoms with Gasteiger partial charge in [0.25, 0.3) is 0 Å². The fourth-order valence-corrected chi connectivity index (χ4v) is 2.76. The summed E-state index contributed by atoms with van der Waals surface area (Å²) in [4.78, 5) is 11.6. The smallest absolute Gasteiger partial charge is 0.220 e. The van der Waals surface area contributed by atoms with Crippen LogP contribution in [-0.4, -0.2) is 17.6 Å². The molecular formula is C19H20N2O2. The van der Waals surface area contributed by atoms with Crippen molar-refractivity contribution in [3.8, 4) is 11.4 Å². The highest BCUT2D eigenvalue weighted by Gasteiger charge is 2.13. The number of fused-ring (bicyclic) bond motifs is 1. The molecule has 0 aliphatic heterocycles. The van der Waals surface area contributed by atoms with Crippen LogP contribution in [0.15, 0.2) is 54.6 Å². The zero-order valence-electron chi connectivity index (χ0n) is 13.4. The number of rotatable bonds is 5. The Balaban J connectivity index is 2.15. The van der Waals surface area contributed by atoms with E-state index in [4.69, 9.17) is 4.74 Å². The van der Waals surface area contributed by atoms with Gasteiger partial charge in [-0.15, -0.1) is 0 Å². The van der Waals surface area contributed by atoms with E-state index in [-0.39, 0.29) is 5.91 Å². The molecule has 0 fully saturated rings. The third-order valence-electron chi connectivity index (χ3n) is 3.90. The normalized spacial score (nSPS) is 10.7. The summed E-state index contributed by atoms with van der Waals surface area (Å²) in [7, 11) is 1.67. The molecule has 0 saturated heterocycles. The first-order valence-electron chi connectivity index (χ1n) is 7.74. The molecule has 118 valence electrons. The standard InChI is InChI=1S/C19H20N2O2/c1-3-19(22)20-13-15-12-16-17(10-7-11-18(16)23-2)21(15)14-8-5-4-6-9-14/h4-12H,3,13H2,1-2H3,(H,20,22). The van der Waals surface area contributed by atoms with E-state index < -0.39 is 0 Å². The van der Waals surface area contributed by atoms with Crippen LogP contribution in [0, 0.1) is 0 Å². The summed E-state index contributed by atoms with van der Waals surface area (Å²) < 4.78 is 7.64. The van der Waals surface area contributed by atoms with Gasteiger partial charge in [0, 0.05) is 23.2 Å². The van der Waals surface area contributed by atoms with Gasteiger partial charge in [0.1, 0.15) is 5.75 Å². The van der Waals surface area contributed by atoms with Crippen LogP contribution < -0.4 is 10.1 Å². The van der Waals surface area contributed by atoms with Crippen molar-refractivity contribution in [2.75, 3.05) is 7.11 Å². The van der Waals surface area contributed by atoms with Gasteiger partial charge in [-0.1, -0.05) is 31.2 Å². The number of nitrogens with one attached hydrogen (secondary N) is 1. The fraction of sp³-hybridized carbons (Fsp3) is 0.211. The fourth-order valence-electron chi connectivity index (χ4n) is 2.76. The number of ether oxygens (including phenoxy) is 1. The maximum Gasteiger partial charge on any atom is 0.220 e. The minimum atomic E-state index is 0.0434. The molecular weight excluding hydrogens is 288 g/mol. The molecule has 0 aliphatic rings. The molecule has 1 amide bonds. The molecule has 1 aromatic heterocycles. The molecule has 3 rings (SSSR count). The lowest BCUT2D eigenvalue weighted by molar-refractivity contribution is -0.120. The minimum Gasteiger partial charge on any atom is -0.496 e. The predicted octanol–water partition coefficient (Wildman–Crippen LogP) is 3.67. The van der Waals surface area contributed by atoms with Crippen LogP contribution >= 0.6 is 0 Å². The second-order valence-electron chi connectivity index (χ2n) is 5.33. The molecule has 1 heterocycles. The number of aromatic nitrogens is 1. The summed E-state index contributed by atoms with van der Waals surface area (Å²) in [6, 6.07) is 18.2. The van der Waals surface area contributed by atoms with E-state index in [1.54, 1.807) is 7.11 Å². The maximum absolute atomic E-state index is 11.6. The first-order chi connectivity index (χ1) is 11.2. The lowest BCUT2D eigenvalue weighted by atomic mass is 10.2. The highest BCUT2D eigenvalue weighted by Crippen LogP contribution is 2.31. The Bertz CT molecular complexity index is 822. The van der Waals surface area contributed by atoms with Crippen molar-refractivity contribution < 1.29 is 9.53 Å². The lowest BCUT2D eigenvalue weighted by Crippen LogP contribution is -2.22. The van der Waals surface area contributed by atoms with Crippen LogP contribution in [0.4, 0.5) is 0 Å². The van der Waals surface area contributed by atoms with Crippen molar-refractivity contribution in [1.82, 2.24) is 9.88 Å². The van der Waals surface area contributed by atoms with Gasteiger partial charge in [-0.25, -0.2) is 0 Å². The Kier molecular flexibility index (Phi) is 4.33. The van der Waals surface area contributed by atoms with E-state index in [1.807, 2.05) is 37.3 Å². The van der Waals surface area contributed by atoms with Crippen molar-refractivity contribution in [3.05, 3.63) is 60.3 Å². The van der Waals surface area contributed by atoms with Crippen LogP contribution in [0.3, 0.4) is 0 Å². The van der Waals surface area contributed by atoms with Crippen LogP contribution in [-0.2, 0) is 11.3 Å². The molecule has 4 heteroatoms. The molecule has 0 saturated carbocycles. The topological polar surface area (TPSA) is 43.3 Å². The molecule has 0 aliphatic carbocycles. The highest BCUT2D eigenvalue weighted by atomic mass is 16.5. The van der Waals surface area contributed by atoms with E-state index in [1.165, 1.54) is 0 Å². The Morgan fingerprint density at radius 1 is 1.13 bits per heavy atom. The SMILES string of the molecule is CCC(=O)NCc1cc2c(OC)cccc2n1-c1ccccc1. The molecule has 3 aromatic rings. The minimum absolute atomic E-state index is 0.0434. The maximum atomic E-state index is 11.6. The number of carbonyl (C=O) groups is 1.